The molecule has 1 aliphatic heterocycles. The van der Waals surface area contributed by atoms with Crippen molar-refractivity contribution in [3.05, 3.63) is 45.3 Å². The molecular formula is C14H13N3O6S2. The average molecular weight is 383 g/mol. The lowest BCUT2D eigenvalue weighted by molar-refractivity contribution is -0.383. The summed E-state index contributed by atoms with van der Waals surface area (Å²) in [7, 11) is -3.94. The van der Waals surface area contributed by atoms with Gasteiger partial charge in [-0.1, -0.05) is 6.07 Å². The van der Waals surface area contributed by atoms with Gasteiger partial charge in [0.05, 0.1) is 10.6 Å². The van der Waals surface area contributed by atoms with Gasteiger partial charge < -0.3 is 4.74 Å². The molecule has 0 bridgehead atoms. The van der Waals surface area contributed by atoms with Crippen LogP contribution in [0.15, 0.2) is 33.9 Å². The molecule has 9 nitrogen and oxygen atoms in total. The molecule has 0 saturated heterocycles. The highest BCUT2D eigenvalue weighted by Gasteiger charge is 2.27. The molecule has 1 atom stereocenters. The van der Waals surface area contributed by atoms with Crippen molar-refractivity contribution in [3.8, 4) is 0 Å². The van der Waals surface area contributed by atoms with Crippen LogP contribution in [0.1, 0.15) is 12.5 Å². The Labute approximate surface area is 146 Å². The summed E-state index contributed by atoms with van der Waals surface area (Å²) in [6, 6.07) is 5.45. The quantitative estimate of drug-likeness (QED) is 0.617. The van der Waals surface area contributed by atoms with Gasteiger partial charge in [0.1, 0.15) is 16.0 Å². The number of benzene rings is 1. The molecule has 1 unspecified atom stereocenters. The number of anilines is 2. The predicted octanol–water partition coefficient (Wildman–Crippen LogP) is 2.95. The van der Waals surface area contributed by atoms with Crippen LogP contribution in [0, 0.1) is 10.1 Å². The Balaban J connectivity index is 2.07. The molecule has 2 heterocycles. The van der Waals surface area contributed by atoms with Crippen LogP contribution in [-0.2, 0) is 21.2 Å². The zero-order chi connectivity index (χ0) is 18.2. The number of nitrogens with one attached hydrogen (secondary N) is 2. The maximum absolute atomic E-state index is 12.4. The fraction of sp³-hybridized carbons (Fsp3) is 0.214. The highest BCUT2D eigenvalue weighted by atomic mass is 32.2. The summed E-state index contributed by atoms with van der Waals surface area (Å²) in [6.45, 7) is 1.67. The highest BCUT2D eigenvalue weighted by molar-refractivity contribution is 7.94. The first-order valence-electron chi connectivity index (χ1n) is 7.11. The number of amides is 1. The van der Waals surface area contributed by atoms with Gasteiger partial charge in [-0.2, -0.15) is 0 Å². The lowest BCUT2D eigenvalue weighted by Crippen LogP contribution is -2.17. The summed E-state index contributed by atoms with van der Waals surface area (Å²) in [5.41, 5.74) is 0.127. The van der Waals surface area contributed by atoms with E-state index in [9.17, 15) is 23.3 Å². The van der Waals surface area contributed by atoms with Crippen molar-refractivity contribution in [2.75, 3.05) is 10.0 Å². The number of carbonyl (C=O) groups excluding carboxylic acids is 1. The van der Waals surface area contributed by atoms with Gasteiger partial charge in [-0.3, -0.25) is 20.2 Å². The van der Waals surface area contributed by atoms with Crippen LogP contribution in [0.25, 0.3) is 0 Å². The lowest BCUT2D eigenvalue weighted by Gasteiger charge is -2.12. The molecule has 1 aromatic carbocycles. The van der Waals surface area contributed by atoms with E-state index >= 15 is 0 Å². The van der Waals surface area contributed by atoms with Crippen LogP contribution in [-0.4, -0.2) is 25.5 Å². The topological polar surface area (TPSA) is 128 Å². The number of sulfonamides is 1. The second-order valence-electron chi connectivity index (χ2n) is 5.37. The van der Waals surface area contributed by atoms with Gasteiger partial charge in [-0.25, -0.2) is 13.2 Å². The van der Waals surface area contributed by atoms with Gasteiger partial charge in [-0.05, 0) is 30.0 Å². The third kappa shape index (κ3) is 3.56. The molecule has 25 heavy (non-hydrogen) atoms. The van der Waals surface area contributed by atoms with Crippen LogP contribution in [0.5, 0.6) is 0 Å². The van der Waals surface area contributed by atoms with Crippen LogP contribution in [0.3, 0.4) is 0 Å². The van der Waals surface area contributed by atoms with Gasteiger partial charge in [0, 0.05) is 12.5 Å². The van der Waals surface area contributed by atoms with E-state index in [0.29, 0.717) is 12.0 Å². The summed E-state index contributed by atoms with van der Waals surface area (Å²) < 4.78 is 32.1. The van der Waals surface area contributed by atoms with Crippen molar-refractivity contribution in [1.82, 2.24) is 0 Å². The van der Waals surface area contributed by atoms with Crippen molar-refractivity contribution in [2.45, 2.75) is 23.7 Å². The molecule has 1 aromatic heterocycles. The fourth-order valence-corrected chi connectivity index (χ4v) is 4.49. The first-order valence-corrected chi connectivity index (χ1v) is 9.48. The number of rotatable bonds is 4. The van der Waals surface area contributed by atoms with Crippen LogP contribution < -0.4 is 10.0 Å². The first kappa shape index (κ1) is 17.2. The third-order valence-corrected chi connectivity index (χ3v) is 6.24. The molecule has 3 rings (SSSR count). The second kappa shape index (κ2) is 6.33. The van der Waals surface area contributed by atoms with E-state index in [2.05, 4.69) is 10.0 Å². The van der Waals surface area contributed by atoms with Crippen molar-refractivity contribution in [3.63, 3.8) is 0 Å². The number of carbonyl (C=O) groups is 1. The van der Waals surface area contributed by atoms with Gasteiger partial charge in [-0.15, -0.1) is 11.3 Å². The number of hydrogen-bond acceptors (Lipinski definition) is 7. The molecule has 0 aliphatic carbocycles. The number of fused-ring (bicyclic) bond motifs is 1. The van der Waals surface area contributed by atoms with Crippen molar-refractivity contribution in [1.29, 1.82) is 0 Å². The Morgan fingerprint density at radius 3 is 2.84 bits per heavy atom. The Kier molecular flexibility index (Phi) is 4.35. The van der Waals surface area contributed by atoms with Crippen molar-refractivity contribution < 1.29 is 22.9 Å². The van der Waals surface area contributed by atoms with E-state index in [1.807, 2.05) is 0 Å². The number of hydrogen-bond donors (Lipinski definition) is 2. The van der Waals surface area contributed by atoms with Crippen molar-refractivity contribution in [2.24, 2.45) is 0 Å². The molecule has 1 amide bonds. The minimum atomic E-state index is -3.94. The fourth-order valence-electron chi connectivity index (χ4n) is 2.44. The van der Waals surface area contributed by atoms with Gasteiger partial charge in [0.2, 0.25) is 0 Å². The largest absolute Gasteiger partial charge is 0.446 e. The van der Waals surface area contributed by atoms with Crippen LogP contribution in [0.2, 0.25) is 0 Å². The Morgan fingerprint density at radius 1 is 1.44 bits per heavy atom. The van der Waals surface area contributed by atoms with E-state index < -0.39 is 32.8 Å². The molecule has 1 aliphatic rings. The maximum atomic E-state index is 12.4. The van der Waals surface area contributed by atoms with Gasteiger partial charge in [0.15, 0.2) is 0 Å². The minimum absolute atomic E-state index is 0.0433. The summed E-state index contributed by atoms with van der Waals surface area (Å²) in [5.74, 6) is 0. The molecule has 0 saturated carbocycles. The molecule has 0 spiro atoms. The van der Waals surface area contributed by atoms with Gasteiger partial charge in [0.25, 0.3) is 15.7 Å². The maximum Gasteiger partial charge on any atom is 0.411 e. The summed E-state index contributed by atoms with van der Waals surface area (Å²) in [4.78, 5) is 22.2. The molecule has 2 N–H and O–H groups in total. The zero-order valence-corrected chi connectivity index (χ0v) is 14.5. The second-order valence-corrected chi connectivity index (χ2v) is 8.22. The van der Waals surface area contributed by atoms with E-state index in [4.69, 9.17) is 4.74 Å². The summed E-state index contributed by atoms with van der Waals surface area (Å²) in [5, 5.41) is 15.4. The molecular weight excluding hydrogens is 370 g/mol. The Morgan fingerprint density at radius 2 is 2.20 bits per heavy atom. The number of nitrogens with zero attached hydrogens (tertiary/aromatic N) is 1. The summed E-state index contributed by atoms with van der Waals surface area (Å²) in [6.07, 6.45) is -0.878. The van der Waals surface area contributed by atoms with Gasteiger partial charge >= 0.3 is 6.09 Å². The smallest absolute Gasteiger partial charge is 0.411 e. The standard InChI is InChI=1S/C14H13N3O6S2/c1-8-5-9-6-11(16-25(21,22)13-3-2-4-24-13)12(17(19)20)7-10(9)15-14(18)23-8/h2-4,6-8,16H,5H2,1H3,(H,15,18). The molecule has 2 aromatic rings. The zero-order valence-electron chi connectivity index (χ0n) is 12.9. The van der Waals surface area contributed by atoms with E-state index in [1.165, 1.54) is 12.1 Å². The van der Waals surface area contributed by atoms with E-state index in [1.54, 1.807) is 18.4 Å². The predicted molar refractivity (Wildman–Crippen MR) is 91.5 cm³/mol. The average Bonchev–Trinajstić information content (AvgIpc) is 2.99. The van der Waals surface area contributed by atoms with Crippen molar-refractivity contribution >= 4 is 44.5 Å². The minimum Gasteiger partial charge on any atom is -0.446 e. The van der Waals surface area contributed by atoms with E-state index in [-0.39, 0.29) is 15.6 Å². The monoisotopic (exact) mass is 383 g/mol. The van der Waals surface area contributed by atoms with E-state index in [0.717, 1.165) is 17.4 Å². The lowest BCUT2D eigenvalue weighted by atomic mass is 10.0. The molecule has 0 fully saturated rings. The number of thiophene rings is 1. The van der Waals surface area contributed by atoms with Crippen LogP contribution in [0.4, 0.5) is 21.9 Å². The Hall–Kier alpha value is -2.66. The summed E-state index contributed by atoms with van der Waals surface area (Å²) >= 11 is 0.999. The SMILES string of the molecule is CC1Cc2cc(NS(=O)(=O)c3cccs3)c([N+](=O)[O-])cc2NC(=O)O1. The molecule has 132 valence electrons. The normalized spacial score (nSPS) is 17.0. The molecule has 11 heteroatoms. The number of nitro benzene ring substituents is 1. The van der Waals surface area contributed by atoms with Crippen LogP contribution >= 0.6 is 11.3 Å². The highest BCUT2D eigenvalue weighted by Crippen LogP contribution is 2.35. The number of ether oxygens (including phenoxy) is 1. The Bertz CT molecular complexity index is 940. The number of nitro groups is 1. The number of cyclic esters (lactones) is 1. The molecule has 0 radical (unpaired) electrons. The first-order chi connectivity index (χ1) is 11.8. The third-order valence-electron chi connectivity index (χ3n) is 3.47.